The molecule has 74 valence electrons. The maximum absolute atomic E-state index is 5.82. The van der Waals surface area contributed by atoms with Crippen LogP contribution in [-0.4, -0.2) is 28.1 Å². The zero-order valence-corrected chi connectivity index (χ0v) is 11.8. The number of hydrogen-bond acceptors (Lipinski definition) is 2. The molecular weight excluding hydrogens is 278 g/mol. The van der Waals surface area contributed by atoms with Crippen molar-refractivity contribution < 1.29 is 8.85 Å². The minimum atomic E-state index is -2.57. The second-order valence-corrected chi connectivity index (χ2v) is 15.0. The molecule has 0 rings (SSSR count). The highest BCUT2D eigenvalue weighted by atomic mass is 35.7. The first-order valence-electron chi connectivity index (χ1n) is 3.19. The summed E-state index contributed by atoms with van der Waals surface area (Å²) in [5.41, 5.74) is 0. The van der Waals surface area contributed by atoms with Crippen LogP contribution >= 0.6 is 44.3 Å². The van der Waals surface area contributed by atoms with E-state index in [1.807, 2.05) is 0 Å². The van der Waals surface area contributed by atoms with Crippen molar-refractivity contribution in [1.29, 1.82) is 0 Å². The fourth-order valence-corrected chi connectivity index (χ4v) is 6.63. The second kappa shape index (κ2) is 5.41. The molecule has 0 radical (unpaired) electrons. The molecule has 0 bridgehead atoms. The van der Waals surface area contributed by atoms with Gasteiger partial charge in [0.2, 0.25) is 0 Å². The summed E-state index contributed by atoms with van der Waals surface area (Å²) in [6.45, 7) is -5.15. The van der Waals surface area contributed by atoms with Crippen LogP contribution in [0.25, 0.3) is 0 Å². The number of hydrogen-bond donors (Lipinski definition) is 0. The molecule has 0 aliphatic carbocycles. The summed E-state index contributed by atoms with van der Waals surface area (Å²) in [7, 11) is 2.95. The third-order valence-electron chi connectivity index (χ3n) is 1.30. The highest BCUT2D eigenvalue weighted by Gasteiger charge is 2.37. The molecule has 0 aliphatic rings. The van der Waals surface area contributed by atoms with E-state index in [9.17, 15) is 0 Å². The molecule has 0 spiro atoms. The van der Waals surface area contributed by atoms with Gasteiger partial charge in [-0.3, -0.25) is 0 Å². The maximum Gasteiger partial charge on any atom is 0.389 e. The van der Waals surface area contributed by atoms with E-state index >= 15 is 0 Å². The molecule has 0 fully saturated rings. The highest BCUT2D eigenvalue weighted by Crippen LogP contribution is 2.30. The van der Waals surface area contributed by atoms with Crippen molar-refractivity contribution in [3.63, 3.8) is 0 Å². The molecule has 0 amide bonds. The van der Waals surface area contributed by atoms with Crippen molar-refractivity contribution in [3.05, 3.63) is 0 Å². The topological polar surface area (TPSA) is 18.5 Å². The lowest BCUT2D eigenvalue weighted by molar-refractivity contribution is 0.418. The Kier molecular flexibility index (Phi) is 6.09. The molecule has 0 heterocycles. The molecule has 12 heavy (non-hydrogen) atoms. The SMILES string of the molecule is CO[Si](Cl)(Cl)CC[Si](Cl)(Cl)OC. The van der Waals surface area contributed by atoms with Crippen LogP contribution in [0.1, 0.15) is 0 Å². The molecule has 0 saturated heterocycles. The van der Waals surface area contributed by atoms with Gasteiger partial charge >= 0.3 is 13.9 Å². The summed E-state index contributed by atoms with van der Waals surface area (Å²) in [4.78, 5) is 0. The summed E-state index contributed by atoms with van der Waals surface area (Å²) < 4.78 is 9.79. The second-order valence-electron chi connectivity index (χ2n) is 2.18. The van der Waals surface area contributed by atoms with Gasteiger partial charge in [0.05, 0.1) is 0 Å². The van der Waals surface area contributed by atoms with Gasteiger partial charge < -0.3 is 8.85 Å². The molecule has 0 aromatic rings. The predicted octanol–water partition coefficient (Wildman–Crippen LogP) is 3.11. The van der Waals surface area contributed by atoms with Crippen molar-refractivity contribution >= 4 is 58.2 Å². The van der Waals surface area contributed by atoms with E-state index in [-0.39, 0.29) is 0 Å². The van der Waals surface area contributed by atoms with Crippen LogP contribution in [0.15, 0.2) is 0 Å². The van der Waals surface area contributed by atoms with Crippen molar-refractivity contribution in [2.24, 2.45) is 0 Å². The molecule has 0 aromatic heterocycles. The van der Waals surface area contributed by atoms with Gasteiger partial charge in [0.25, 0.3) is 0 Å². The van der Waals surface area contributed by atoms with Gasteiger partial charge in [0, 0.05) is 14.2 Å². The standard InChI is InChI=1S/C4H10Cl4O2Si2/c1-9-11(5,6)3-4-12(7,8)10-2/h3-4H2,1-2H3. The third-order valence-corrected chi connectivity index (χ3v) is 8.78. The van der Waals surface area contributed by atoms with Gasteiger partial charge in [0.15, 0.2) is 0 Å². The molecule has 0 aliphatic heterocycles. The summed E-state index contributed by atoms with van der Waals surface area (Å²) in [6.07, 6.45) is 0. The average molecular weight is 288 g/mol. The van der Waals surface area contributed by atoms with Crippen LogP contribution in [-0.2, 0) is 8.85 Å². The minimum absolute atomic E-state index is 0.486. The van der Waals surface area contributed by atoms with Crippen LogP contribution < -0.4 is 0 Å². The molecule has 8 heteroatoms. The first-order chi connectivity index (χ1) is 5.33. The number of rotatable bonds is 5. The normalized spacial score (nSPS) is 13.5. The Morgan fingerprint density at radius 1 is 0.833 bits per heavy atom. The van der Waals surface area contributed by atoms with Crippen molar-refractivity contribution in [3.8, 4) is 0 Å². The molecule has 0 aromatic carbocycles. The molecule has 0 atom stereocenters. The summed E-state index contributed by atoms with van der Waals surface area (Å²) >= 11 is 23.3. The average Bonchev–Trinajstić information content (AvgIpc) is 2.02. The smallest absolute Gasteiger partial charge is 0.389 e. The van der Waals surface area contributed by atoms with Crippen LogP contribution in [0.2, 0.25) is 12.1 Å². The summed E-state index contributed by atoms with van der Waals surface area (Å²) in [6, 6.07) is 0.972. The van der Waals surface area contributed by atoms with E-state index < -0.39 is 13.9 Å². The van der Waals surface area contributed by atoms with Crippen molar-refractivity contribution in [2.45, 2.75) is 12.1 Å². The van der Waals surface area contributed by atoms with Crippen LogP contribution in [0.3, 0.4) is 0 Å². The van der Waals surface area contributed by atoms with Crippen molar-refractivity contribution in [2.75, 3.05) is 14.2 Å². The van der Waals surface area contributed by atoms with Gasteiger partial charge in [0.1, 0.15) is 0 Å². The quantitative estimate of drug-likeness (QED) is 0.571. The fourth-order valence-electron chi connectivity index (χ4n) is 0.495. The van der Waals surface area contributed by atoms with Crippen LogP contribution in [0.4, 0.5) is 0 Å². The van der Waals surface area contributed by atoms with Crippen LogP contribution in [0, 0.1) is 0 Å². The van der Waals surface area contributed by atoms with E-state index in [4.69, 9.17) is 53.2 Å². The Morgan fingerprint density at radius 2 is 1.08 bits per heavy atom. The van der Waals surface area contributed by atoms with Gasteiger partial charge in [-0.2, -0.15) is 0 Å². The van der Waals surface area contributed by atoms with Gasteiger partial charge in [-0.15, -0.1) is 44.3 Å². The van der Waals surface area contributed by atoms with Gasteiger partial charge in [-0.05, 0) is 12.1 Å². The Hall–Kier alpha value is 1.51. The van der Waals surface area contributed by atoms with E-state index in [1.54, 1.807) is 0 Å². The molecule has 0 N–H and O–H groups in total. The lowest BCUT2D eigenvalue weighted by Gasteiger charge is -2.18. The Labute approximate surface area is 93.1 Å². The summed E-state index contributed by atoms with van der Waals surface area (Å²) in [5.74, 6) is 0. The van der Waals surface area contributed by atoms with Gasteiger partial charge in [-0.1, -0.05) is 0 Å². The van der Waals surface area contributed by atoms with E-state index in [2.05, 4.69) is 0 Å². The fraction of sp³-hybridized carbons (Fsp3) is 1.00. The number of halogens is 4. The lowest BCUT2D eigenvalue weighted by atomic mass is 11.0. The Morgan fingerprint density at radius 3 is 1.25 bits per heavy atom. The summed E-state index contributed by atoms with van der Waals surface area (Å²) in [5, 5.41) is 0. The first-order valence-corrected chi connectivity index (χ1v) is 11.5. The minimum Gasteiger partial charge on any atom is -0.396 e. The maximum atomic E-state index is 5.82. The zero-order valence-electron chi connectivity index (χ0n) is 6.74. The van der Waals surface area contributed by atoms with E-state index in [1.165, 1.54) is 14.2 Å². The Balaban J connectivity index is 3.82. The van der Waals surface area contributed by atoms with E-state index in [0.29, 0.717) is 12.1 Å². The largest absolute Gasteiger partial charge is 0.396 e. The van der Waals surface area contributed by atoms with Crippen molar-refractivity contribution in [1.82, 2.24) is 0 Å². The Bertz CT molecular complexity index is 127. The predicted molar refractivity (Wildman–Crippen MR) is 58.6 cm³/mol. The first kappa shape index (κ1) is 13.5. The molecular formula is C4H10Cl4O2Si2. The third kappa shape index (κ3) is 6.04. The lowest BCUT2D eigenvalue weighted by Crippen LogP contribution is -2.29. The highest BCUT2D eigenvalue weighted by molar-refractivity contribution is 7.45. The zero-order chi connectivity index (χ0) is 9.83. The van der Waals surface area contributed by atoms with E-state index in [0.717, 1.165) is 0 Å². The van der Waals surface area contributed by atoms with Crippen LogP contribution in [0.5, 0.6) is 0 Å². The molecule has 0 saturated carbocycles. The van der Waals surface area contributed by atoms with Gasteiger partial charge in [-0.25, -0.2) is 0 Å². The molecule has 2 nitrogen and oxygen atoms in total. The monoisotopic (exact) mass is 286 g/mol. The molecule has 0 unspecified atom stereocenters.